The maximum absolute atomic E-state index is 13.9. The molecule has 3 aromatic rings. The molecule has 3 aromatic carbocycles. The average molecular weight is 627 g/mol. The van der Waals surface area contributed by atoms with Crippen molar-refractivity contribution in [1.82, 2.24) is 15.1 Å². The van der Waals surface area contributed by atoms with Gasteiger partial charge in [-0.1, -0.05) is 36.4 Å². The van der Waals surface area contributed by atoms with Crippen LogP contribution >= 0.6 is 0 Å². The van der Waals surface area contributed by atoms with Crippen LogP contribution in [0.1, 0.15) is 40.0 Å². The zero-order chi connectivity index (χ0) is 32.2. The fourth-order valence-electron chi connectivity index (χ4n) is 6.22. The molecular weight excluding hydrogens is 584 g/mol. The number of hydrogen-bond donors (Lipinski definition) is 1. The van der Waals surface area contributed by atoms with Gasteiger partial charge in [-0.3, -0.25) is 24.2 Å². The van der Waals surface area contributed by atoms with Gasteiger partial charge in [0, 0.05) is 38.3 Å². The third-order valence-corrected chi connectivity index (χ3v) is 9.14. The Labute approximate surface area is 270 Å². The van der Waals surface area contributed by atoms with Crippen molar-refractivity contribution >= 4 is 23.4 Å². The van der Waals surface area contributed by atoms with Crippen LogP contribution in [0.5, 0.6) is 5.75 Å². The van der Waals surface area contributed by atoms with Crippen LogP contribution in [0.2, 0.25) is 0 Å². The van der Waals surface area contributed by atoms with Gasteiger partial charge >= 0.3 is 0 Å². The summed E-state index contributed by atoms with van der Waals surface area (Å²) in [4.78, 5) is 45.7. The lowest BCUT2D eigenvalue weighted by Crippen LogP contribution is -2.53. The summed E-state index contributed by atoms with van der Waals surface area (Å²) in [7, 11) is 0. The predicted octanol–water partition coefficient (Wildman–Crippen LogP) is 3.75. The minimum Gasteiger partial charge on any atom is -0.482 e. The molecule has 0 saturated carbocycles. The Morgan fingerprint density at radius 1 is 0.848 bits per heavy atom. The Morgan fingerprint density at radius 3 is 2.24 bits per heavy atom. The van der Waals surface area contributed by atoms with E-state index in [1.54, 1.807) is 11.8 Å². The fourth-order valence-corrected chi connectivity index (χ4v) is 6.22. The third kappa shape index (κ3) is 6.94. The first-order chi connectivity index (χ1) is 22.3. The van der Waals surface area contributed by atoms with E-state index in [-0.39, 0.29) is 30.4 Å². The molecule has 0 radical (unpaired) electrons. The lowest BCUT2D eigenvalue weighted by molar-refractivity contribution is -0.128. The lowest BCUT2D eigenvalue weighted by atomic mass is 9.98. The molecule has 10 heteroatoms. The normalized spacial score (nSPS) is 18.4. The van der Waals surface area contributed by atoms with Gasteiger partial charge in [0.25, 0.3) is 11.8 Å². The van der Waals surface area contributed by atoms with E-state index in [1.807, 2.05) is 79.4 Å². The largest absolute Gasteiger partial charge is 0.482 e. The molecule has 242 valence electrons. The molecule has 46 heavy (non-hydrogen) atoms. The highest BCUT2D eigenvalue weighted by Crippen LogP contribution is 2.36. The summed E-state index contributed by atoms with van der Waals surface area (Å²) in [6.45, 7) is 11.4. The Kier molecular flexibility index (Phi) is 9.67. The van der Waals surface area contributed by atoms with E-state index in [0.717, 1.165) is 40.9 Å². The number of morpholine rings is 2. The molecule has 1 N–H and O–H groups in total. The van der Waals surface area contributed by atoms with Gasteiger partial charge < -0.3 is 24.4 Å². The van der Waals surface area contributed by atoms with E-state index >= 15 is 0 Å². The molecule has 6 rings (SSSR count). The van der Waals surface area contributed by atoms with Gasteiger partial charge in [0.15, 0.2) is 6.61 Å². The van der Waals surface area contributed by atoms with E-state index in [2.05, 4.69) is 10.2 Å². The highest BCUT2D eigenvalue weighted by Gasteiger charge is 2.34. The van der Waals surface area contributed by atoms with Crippen molar-refractivity contribution in [1.29, 1.82) is 0 Å². The molecule has 3 aliphatic rings. The Hall–Kier alpha value is -4.25. The van der Waals surface area contributed by atoms with Gasteiger partial charge in [-0.25, -0.2) is 0 Å². The second kappa shape index (κ2) is 14.0. The van der Waals surface area contributed by atoms with Gasteiger partial charge in [0.2, 0.25) is 5.91 Å². The summed E-state index contributed by atoms with van der Waals surface area (Å²) in [5.41, 5.74) is 6.24. The molecule has 3 aliphatic heterocycles. The molecule has 0 spiro atoms. The Bertz CT molecular complexity index is 1580. The number of hydrogen-bond acceptors (Lipinski definition) is 7. The average Bonchev–Trinajstić information content (AvgIpc) is 3.09. The van der Waals surface area contributed by atoms with Crippen LogP contribution in [-0.4, -0.2) is 99.3 Å². The summed E-state index contributed by atoms with van der Waals surface area (Å²) in [5, 5.41) is 3.26. The fraction of sp³-hybridized carbons (Fsp3) is 0.417. The van der Waals surface area contributed by atoms with Crippen LogP contribution in [-0.2, 0) is 19.1 Å². The molecule has 2 fully saturated rings. The van der Waals surface area contributed by atoms with E-state index in [9.17, 15) is 14.4 Å². The number of fused-ring (bicyclic) bond motifs is 1. The van der Waals surface area contributed by atoms with Crippen molar-refractivity contribution in [3.8, 4) is 16.9 Å². The monoisotopic (exact) mass is 626 g/mol. The van der Waals surface area contributed by atoms with E-state index in [1.165, 1.54) is 0 Å². The molecular formula is C36H42N4O6. The first kappa shape index (κ1) is 31.7. The lowest BCUT2D eigenvalue weighted by Gasteiger charge is -2.35. The van der Waals surface area contributed by atoms with Crippen LogP contribution in [0.4, 0.5) is 5.69 Å². The molecule has 3 amide bonds. The molecule has 2 saturated heterocycles. The smallest absolute Gasteiger partial charge is 0.265 e. The number of aryl methyl sites for hydroxylation is 2. The zero-order valence-corrected chi connectivity index (χ0v) is 26.8. The Morgan fingerprint density at radius 2 is 1.52 bits per heavy atom. The highest BCUT2D eigenvalue weighted by molar-refractivity contribution is 6.04. The standard InChI is InChI=1S/C36H42N4O6/c1-24-19-32-33(20-25(24)2)46-23-34(41)40(32)26(3)35(42)37-31(22-38-11-15-44-16-12-38)28-9-7-27(8-10-28)29-5-4-6-30(21-29)36(43)39-13-17-45-18-14-39/h4-10,19-21,26,31H,11-18,22-23H2,1-3H3,(H,37,42). The summed E-state index contributed by atoms with van der Waals surface area (Å²) >= 11 is 0. The topological polar surface area (TPSA) is 101 Å². The van der Waals surface area contributed by atoms with Gasteiger partial charge in [0.05, 0.1) is 38.2 Å². The highest BCUT2D eigenvalue weighted by atomic mass is 16.5. The van der Waals surface area contributed by atoms with Crippen molar-refractivity contribution in [2.75, 3.05) is 70.7 Å². The first-order valence-electron chi connectivity index (χ1n) is 16.0. The number of nitrogens with one attached hydrogen (secondary N) is 1. The van der Waals surface area contributed by atoms with E-state index in [4.69, 9.17) is 14.2 Å². The van der Waals surface area contributed by atoms with Crippen molar-refractivity contribution in [2.24, 2.45) is 0 Å². The molecule has 0 aromatic heterocycles. The van der Waals surface area contributed by atoms with Gasteiger partial charge in [-0.05, 0) is 72.9 Å². The molecule has 2 atom stereocenters. The van der Waals surface area contributed by atoms with Crippen LogP contribution in [0, 0.1) is 13.8 Å². The maximum Gasteiger partial charge on any atom is 0.265 e. The quantitative estimate of drug-likeness (QED) is 0.407. The van der Waals surface area contributed by atoms with Gasteiger partial charge in [-0.15, -0.1) is 0 Å². The molecule has 3 heterocycles. The second-order valence-electron chi connectivity index (χ2n) is 12.2. The molecule has 2 unspecified atom stereocenters. The van der Waals surface area contributed by atoms with Gasteiger partial charge in [-0.2, -0.15) is 0 Å². The minimum absolute atomic E-state index is 0.0100. The number of rotatable bonds is 8. The van der Waals surface area contributed by atoms with Crippen molar-refractivity contribution < 1.29 is 28.6 Å². The first-order valence-corrected chi connectivity index (χ1v) is 16.0. The predicted molar refractivity (Wildman–Crippen MR) is 175 cm³/mol. The second-order valence-corrected chi connectivity index (χ2v) is 12.2. The minimum atomic E-state index is -0.740. The van der Waals surface area contributed by atoms with Crippen LogP contribution in [0.25, 0.3) is 11.1 Å². The number of ether oxygens (including phenoxy) is 3. The SMILES string of the molecule is Cc1cc2c(cc1C)N(C(C)C(=O)NC(CN1CCOCC1)c1ccc(-c3cccc(C(=O)N4CCOCC4)c3)cc1)C(=O)CO2. The third-order valence-electron chi connectivity index (χ3n) is 9.14. The Balaban J connectivity index is 1.22. The number of carbonyl (C=O) groups excluding carboxylic acids is 3. The number of amides is 3. The zero-order valence-electron chi connectivity index (χ0n) is 26.8. The summed E-state index contributed by atoms with van der Waals surface area (Å²) in [5.74, 6) is 0.132. The number of carbonyl (C=O) groups is 3. The number of benzene rings is 3. The van der Waals surface area contributed by atoms with Crippen molar-refractivity contribution in [3.63, 3.8) is 0 Å². The van der Waals surface area contributed by atoms with Crippen LogP contribution < -0.4 is 15.0 Å². The van der Waals surface area contributed by atoms with Crippen LogP contribution in [0.15, 0.2) is 60.7 Å². The molecule has 10 nitrogen and oxygen atoms in total. The molecule has 0 bridgehead atoms. The van der Waals surface area contributed by atoms with Gasteiger partial charge in [0.1, 0.15) is 11.8 Å². The molecule has 0 aliphatic carbocycles. The number of nitrogens with zero attached hydrogens (tertiary/aromatic N) is 3. The maximum atomic E-state index is 13.9. The van der Waals surface area contributed by atoms with E-state index < -0.39 is 6.04 Å². The van der Waals surface area contributed by atoms with Crippen LogP contribution in [0.3, 0.4) is 0 Å². The summed E-state index contributed by atoms with van der Waals surface area (Å²) in [6.07, 6.45) is 0. The van der Waals surface area contributed by atoms with Crippen molar-refractivity contribution in [3.05, 3.63) is 82.9 Å². The summed E-state index contributed by atoms with van der Waals surface area (Å²) in [6, 6.07) is 18.6. The number of anilines is 1. The van der Waals surface area contributed by atoms with E-state index in [0.29, 0.717) is 63.1 Å². The summed E-state index contributed by atoms with van der Waals surface area (Å²) < 4.78 is 16.7. The van der Waals surface area contributed by atoms with Crippen molar-refractivity contribution in [2.45, 2.75) is 32.9 Å².